The number of hydrogen-bond acceptors (Lipinski definition) is 5. The highest BCUT2D eigenvalue weighted by Crippen LogP contribution is 2.38. The number of carbonyl (C=O) groups excluding carboxylic acids is 2. The van der Waals surface area contributed by atoms with E-state index in [1.165, 1.54) is 0 Å². The zero-order chi connectivity index (χ0) is 23.5. The van der Waals surface area contributed by atoms with E-state index in [-0.39, 0.29) is 36.1 Å². The Hall–Kier alpha value is -3.35. The Bertz CT molecular complexity index is 1040. The average molecular weight is 460 g/mol. The first-order valence-corrected chi connectivity index (χ1v) is 12.4. The third kappa shape index (κ3) is 4.52. The molecule has 34 heavy (non-hydrogen) atoms. The van der Waals surface area contributed by atoms with E-state index in [0.29, 0.717) is 19.4 Å². The number of nitrogens with one attached hydrogen (secondary N) is 2. The molecular weight excluding hydrogens is 426 g/mol. The molecular formula is C27H33N5O2. The molecule has 2 N–H and O–H groups in total. The fourth-order valence-corrected chi connectivity index (χ4v) is 5.55. The number of hydrogen-bond donors (Lipinski definition) is 2. The molecule has 2 aromatic rings. The topological polar surface area (TPSA) is 77.0 Å². The van der Waals surface area contributed by atoms with Gasteiger partial charge in [0.25, 0.3) is 0 Å². The van der Waals surface area contributed by atoms with E-state index < -0.39 is 0 Å². The summed E-state index contributed by atoms with van der Waals surface area (Å²) in [5.41, 5.74) is 5.42. The Morgan fingerprint density at radius 1 is 1.09 bits per heavy atom. The van der Waals surface area contributed by atoms with Crippen molar-refractivity contribution in [1.82, 2.24) is 20.5 Å². The van der Waals surface area contributed by atoms with E-state index in [0.717, 1.165) is 42.6 Å². The van der Waals surface area contributed by atoms with Crippen molar-refractivity contribution in [1.29, 1.82) is 0 Å². The van der Waals surface area contributed by atoms with Gasteiger partial charge in [-0.15, -0.1) is 0 Å². The SMILES string of the molecule is CC(NC(=O)CCC1=NNC2N(Cc3ccccc3)C(=O)C3CCCCC3N12)c1ccccc1. The summed E-state index contributed by atoms with van der Waals surface area (Å²) in [4.78, 5) is 30.4. The molecule has 0 aromatic heterocycles. The normalized spacial score (nSPS) is 24.6. The van der Waals surface area contributed by atoms with Crippen molar-refractivity contribution in [3.05, 3.63) is 71.8 Å². The highest BCUT2D eigenvalue weighted by Gasteiger charge is 2.50. The van der Waals surface area contributed by atoms with E-state index in [9.17, 15) is 9.59 Å². The molecule has 4 unspecified atom stereocenters. The first-order valence-electron chi connectivity index (χ1n) is 12.4. The Labute approximate surface area is 201 Å². The first kappa shape index (κ1) is 22.4. The third-order valence-corrected chi connectivity index (χ3v) is 7.30. The molecule has 0 bridgehead atoms. The van der Waals surface area contributed by atoms with Crippen LogP contribution in [0.3, 0.4) is 0 Å². The summed E-state index contributed by atoms with van der Waals surface area (Å²) in [5, 5.41) is 7.73. The first-order chi connectivity index (χ1) is 16.6. The van der Waals surface area contributed by atoms with Crippen LogP contribution in [0, 0.1) is 5.92 Å². The molecule has 2 aromatic carbocycles. The number of fused-ring (bicyclic) bond motifs is 3. The Morgan fingerprint density at radius 3 is 2.56 bits per heavy atom. The minimum Gasteiger partial charge on any atom is -0.350 e. The third-order valence-electron chi connectivity index (χ3n) is 7.30. The van der Waals surface area contributed by atoms with Crippen LogP contribution < -0.4 is 10.7 Å². The second-order valence-corrected chi connectivity index (χ2v) is 9.55. The zero-order valence-electron chi connectivity index (χ0n) is 19.7. The van der Waals surface area contributed by atoms with Crippen LogP contribution in [0.15, 0.2) is 65.8 Å². The highest BCUT2D eigenvalue weighted by molar-refractivity contribution is 5.91. The predicted octanol–water partition coefficient (Wildman–Crippen LogP) is 3.75. The molecule has 5 rings (SSSR count). The van der Waals surface area contributed by atoms with Crippen LogP contribution in [0.4, 0.5) is 0 Å². The van der Waals surface area contributed by atoms with Gasteiger partial charge in [0.1, 0.15) is 5.84 Å². The lowest BCUT2D eigenvalue weighted by Crippen LogP contribution is -2.67. The molecule has 0 radical (unpaired) electrons. The van der Waals surface area contributed by atoms with Crippen molar-refractivity contribution in [2.75, 3.05) is 0 Å². The molecule has 2 heterocycles. The summed E-state index contributed by atoms with van der Waals surface area (Å²) in [6.45, 7) is 2.55. The van der Waals surface area contributed by atoms with Gasteiger partial charge >= 0.3 is 0 Å². The molecule has 0 spiro atoms. The van der Waals surface area contributed by atoms with Gasteiger partial charge in [0.2, 0.25) is 11.8 Å². The summed E-state index contributed by atoms with van der Waals surface area (Å²) in [7, 11) is 0. The fourth-order valence-electron chi connectivity index (χ4n) is 5.55. The van der Waals surface area contributed by atoms with Gasteiger partial charge in [0, 0.05) is 25.4 Å². The van der Waals surface area contributed by atoms with E-state index in [1.54, 1.807) is 0 Å². The number of benzene rings is 2. The Morgan fingerprint density at radius 2 is 1.79 bits per heavy atom. The Kier molecular flexibility index (Phi) is 6.52. The molecule has 7 heteroatoms. The van der Waals surface area contributed by atoms with Gasteiger partial charge in [-0.05, 0) is 30.9 Å². The summed E-state index contributed by atoms with van der Waals surface area (Å²) >= 11 is 0. The zero-order valence-corrected chi connectivity index (χ0v) is 19.7. The number of amidine groups is 1. The molecule has 2 fully saturated rings. The highest BCUT2D eigenvalue weighted by atomic mass is 16.2. The lowest BCUT2D eigenvalue weighted by Gasteiger charge is -2.50. The van der Waals surface area contributed by atoms with Gasteiger partial charge in [-0.25, -0.2) is 0 Å². The van der Waals surface area contributed by atoms with E-state index in [4.69, 9.17) is 0 Å². The monoisotopic (exact) mass is 459 g/mol. The summed E-state index contributed by atoms with van der Waals surface area (Å²) in [6.07, 6.45) is 4.75. The van der Waals surface area contributed by atoms with Crippen LogP contribution >= 0.6 is 0 Å². The van der Waals surface area contributed by atoms with Crippen LogP contribution in [0.2, 0.25) is 0 Å². The number of amides is 2. The van der Waals surface area contributed by atoms with Crippen molar-refractivity contribution in [2.24, 2.45) is 11.0 Å². The van der Waals surface area contributed by atoms with E-state index >= 15 is 0 Å². The minimum absolute atomic E-state index is 0.00857. The molecule has 2 amide bonds. The van der Waals surface area contributed by atoms with Crippen molar-refractivity contribution in [2.45, 2.75) is 70.4 Å². The van der Waals surface area contributed by atoms with Gasteiger partial charge < -0.3 is 10.2 Å². The molecule has 2 aliphatic heterocycles. The Balaban J connectivity index is 1.27. The maximum Gasteiger partial charge on any atom is 0.231 e. The van der Waals surface area contributed by atoms with Crippen LogP contribution in [-0.2, 0) is 16.1 Å². The molecule has 1 saturated heterocycles. The average Bonchev–Trinajstić information content (AvgIpc) is 3.30. The maximum atomic E-state index is 13.5. The van der Waals surface area contributed by atoms with E-state index in [2.05, 4.69) is 32.9 Å². The van der Waals surface area contributed by atoms with Crippen molar-refractivity contribution in [3.63, 3.8) is 0 Å². The smallest absolute Gasteiger partial charge is 0.231 e. The largest absolute Gasteiger partial charge is 0.350 e. The summed E-state index contributed by atoms with van der Waals surface area (Å²) in [5.74, 6) is 1.10. The molecule has 1 saturated carbocycles. The van der Waals surface area contributed by atoms with Gasteiger partial charge in [0.05, 0.1) is 12.0 Å². The quantitative estimate of drug-likeness (QED) is 0.661. The predicted molar refractivity (Wildman–Crippen MR) is 131 cm³/mol. The second-order valence-electron chi connectivity index (χ2n) is 9.55. The van der Waals surface area contributed by atoms with E-state index in [1.807, 2.05) is 60.4 Å². The minimum atomic E-state index is -0.284. The number of nitrogens with zero attached hydrogens (tertiary/aromatic N) is 3. The van der Waals surface area contributed by atoms with Gasteiger partial charge in [-0.1, -0.05) is 73.5 Å². The molecule has 4 atom stereocenters. The summed E-state index contributed by atoms with van der Waals surface area (Å²) < 4.78 is 0. The lowest BCUT2D eigenvalue weighted by molar-refractivity contribution is -0.156. The van der Waals surface area contributed by atoms with Crippen LogP contribution in [0.25, 0.3) is 0 Å². The van der Waals surface area contributed by atoms with Gasteiger partial charge in [-0.2, -0.15) is 5.10 Å². The molecule has 3 aliphatic rings. The molecule has 178 valence electrons. The second kappa shape index (κ2) is 9.87. The summed E-state index contributed by atoms with van der Waals surface area (Å²) in [6, 6.07) is 20.2. The maximum absolute atomic E-state index is 13.5. The number of hydrazone groups is 1. The van der Waals surface area contributed by atoms with Crippen LogP contribution in [0.5, 0.6) is 0 Å². The van der Waals surface area contributed by atoms with Crippen LogP contribution in [-0.4, -0.2) is 39.8 Å². The molecule has 7 nitrogen and oxygen atoms in total. The van der Waals surface area contributed by atoms with Gasteiger partial charge in [0.15, 0.2) is 6.29 Å². The fraction of sp³-hybridized carbons (Fsp3) is 0.444. The standard InChI is InChI=1S/C27H33N5O2/c1-19(21-12-6-3-7-13-21)28-25(33)17-16-24-29-30-27-31(18-20-10-4-2-5-11-20)26(34)22-14-8-9-15-23(22)32(24)27/h2-7,10-13,19,22-23,27,30H,8-9,14-18H2,1H3,(H,28,33). The van der Waals surface area contributed by atoms with Crippen molar-refractivity contribution < 1.29 is 9.59 Å². The van der Waals surface area contributed by atoms with Crippen molar-refractivity contribution >= 4 is 17.6 Å². The number of carbonyl (C=O) groups is 2. The lowest BCUT2D eigenvalue weighted by atomic mass is 9.80. The van der Waals surface area contributed by atoms with Crippen LogP contribution in [0.1, 0.15) is 62.6 Å². The molecule has 1 aliphatic carbocycles. The van der Waals surface area contributed by atoms with Crippen molar-refractivity contribution in [3.8, 4) is 0 Å². The van der Waals surface area contributed by atoms with Gasteiger partial charge in [-0.3, -0.25) is 19.9 Å². The number of rotatable bonds is 7.